The molecular formula is C7H13N. The molecule has 0 heterocycles. The van der Waals surface area contributed by atoms with E-state index in [1.807, 2.05) is 0 Å². The Bertz CT molecular complexity index is 90.6. The highest BCUT2D eigenvalue weighted by atomic mass is 14.6. The van der Waals surface area contributed by atoms with Crippen LogP contribution in [0.25, 0.3) is 0 Å². The van der Waals surface area contributed by atoms with Crippen molar-refractivity contribution in [2.45, 2.75) is 19.3 Å². The van der Waals surface area contributed by atoms with Gasteiger partial charge in [-0.25, -0.2) is 0 Å². The summed E-state index contributed by atoms with van der Waals surface area (Å²) in [6.07, 6.45) is 4.42. The van der Waals surface area contributed by atoms with Gasteiger partial charge >= 0.3 is 0 Å². The first-order chi connectivity index (χ1) is 3.90. The second kappa shape index (κ2) is 1.47. The third kappa shape index (κ3) is 0.576. The van der Waals surface area contributed by atoms with E-state index in [0.29, 0.717) is 0 Å². The lowest BCUT2D eigenvalue weighted by Crippen LogP contribution is -2.11. The van der Waals surface area contributed by atoms with Crippen LogP contribution >= 0.6 is 0 Å². The van der Waals surface area contributed by atoms with Crippen LogP contribution < -0.4 is 5.73 Å². The number of hydrogen-bond donors (Lipinski definition) is 1. The van der Waals surface area contributed by atoms with Gasteiger partial charge in [0.1, 0.15) is 0 Å². The molecule has 1 nitrogen and oxygen atoms in total. The van der Waals surface area contributed by atoms with Gasteiger partial charge in [-0.05, 0) is 43.6 Å². The molecule has 46 valence electrons. The molecule has 0 saturated heterocycles. The average molecular weight is 111 g/mol. The fourth-order valence-corrected chi connectivity index (χ4v) is 2.03. The van der Waals surface area contributed by atoms with Crippen LogP contribution in [0.1, 0.15) is 19.3 Å². The first-order valence-corrected chi connectivity index (χ1v) is 3.60. The summed E-state index contributed by atoms with van der Waals surface area (Å²) < 4.78 is 0. The lowest BCUT2D eigenvalue weighted by atomic mass is 10.0. The Morgan fingerprint density at radius 1 is 1.12 bits per heavy atom. The highest BCUT2D eigenvalue weighted by molar-refractivity contribution is 4.95. The van der Waals surface area contributed by atoms with Gasteiger partial charge in [0.15, 0.2) is 0 Å². The molecule has 2 rings (SSSR count). The summed E-state index contributed by atoms with van der Waals surface area (Å²) in [5.74, 6) is 3.13. The molecule has 2 N–H and O–H groups in total. The molecule has 2 atom stereocenters. The minimum atomic E-state index is 0.902. The third-order valence-electron chi connectivity index (χ3n) is 2.67. The second-order valence-corrected chi connectivity index (χ2v) is 3.33. The van der Waals surface area contributed by atoms with Crippen molar-refractivity contribution in [1.82, 2.24) is 0 Å². The summed E-state index contributed by atoms with van der Waals surface area (Å²) in [6.45, 7) is 0.938. The van der Waals surface area contributed by atoms with E-state index in [9.17, 15) is 0 Å². The van der Waals surface area contributed by atoms with Crippen molar-refractivity contribution in [1.29, 1.82) is 0 Å². The zero-order valence-corrected chi connectivity index (χ0v) is 5.14. The molecular weight excluding hydrogens is 98.1 g/mol. The van der Waals surface area contributed by atoms with Crippen molar-refractivity contribution in [3.8, 4) is 0 Å². The molecule has 2 fully saturated rings. The molecule has 0 bridgehead atoms. The maximum atomic E-state index is 5.52. The van der Waals surface area contributed by atoms with Crippen molar-refractivity contribution in [2.75, 3.05) is 6.54 Å². The summed E-state index contributed by atoms with van der Waals surface area (Å²) in [4.78, 5) is 0. The molecule has 2 unspecified atom stereocenters. The Hall–Kier alpha value is -0.0400. The van der Waals surface area contributed by atoms with Gasteiger partial charge in [-0.3, -0.25) is 0 Å². The first-order valence-electron chi connectivity index (χ1n) is 3.60. The van der Waals surface area contributed by atoms with Crippen molar-refractivity contribution in [3.63, 3.8) is 0 Å². The number of rotatable bonds is 1. The van der Waals surface area contributed by atoms with Crippen LogP contribution in [0.4, 0.5) is 0 Å². The zero-order valence-electron chi connectivity index (χ0n) is 5.14. The lowest BCUT2D eigenvalue weighted by Gasteiger charge is -2.04. The molecule has 2 saturated carbocycles. The molecule has 0 aromatic rings. The summed E-state index contributed by atoms with van der Waals surface area (Å²) >= 11 is 0. The summed E-state index contributed by atoms with van der Waals surface area (Å²) in [6, 6.07) is 0. The fourth-order valence-electron chi connectivity index (χ4n) is 2.03. The average Bonchev–Trinajstić information content (AvgIpc) is 2.40. The molecule has 8 heavy (non-hydrogen) atoms. The first kappa shape index (κ1) is 4.80. The largest absolute Gasteiger partial charge is 0.330 e. The molecule has 0 aromatic carbocycles. The Morgan fingerprint density at radius 3 is 2.12 bits per heavy atom. The normalized spacial score (nSPS) is 51.4. The van der Waals surface area contributed by atoms with Gasteiger partial charge in [-0.15, -0.1) is 0 Å². The number of nitrogens with two attached hydrogens (primary N) is 1. The van der Waals surface area contributed by atoms with Crippen LogP contribution in [-0.2, 0) is 0 Å². The maximum Gasteiger partial charge on any atom is -0.00487 e. The van der Waals surface area contributed by atoms with E-state index in [4.69, 9.17) is 5.73 Å². The topological polar surface area (TPSA) is 26.0 Å². The number of fused-ring (bicyclic) bond motifs is 1. The Morgan fingerprint density at radius 2 is 1.75 bits per heavy atom. The second-order valence-electron chi connectivity index (χ2n) is 3.33. The highest BCUT2D eigenvalue weighted by Gasteiger charge is 2.44. The Balaban J connectivity index is 1.89. The summed E-state index contributed by atoms with van der Waals surface area (Å²) in [5, 5.41) is 0. The summed E-state index contributed by atoms with van der Waals surface area (Å²) in [7, 11) is 0. The molecule has 0 aliphatic heterocycles. The molecule has 2 aliphatic carbocycles. The van der Waals surface area contributed by atoms with Crippen molar-refractivity contribution in [2.24, 2.45) is 23.5 Å². The summed E-state index contributed by atoms with van der Waals surface area (Å²) in [5.41, 5.74) is 5.52. The van der Waals surface area contributed by atoms with Crippen LogP contribution in [0.5, 0.6) is 0 Å². The minimum Gasteiger partial charge on any atom is -0.330 e. The minimum absolute atomic E-state index is 0.902. The van der Waals surface area contributed by atoms with E-state index in [1.165, 1.54) is 19.3 Å². The van der Waals surface area contributed by atoms with Gasteiger partial charge in [-0.1, -0.05) is 0 Å². The molecule has 0 spiro atoms. The third-order valence-corrected chi connectivity index (χ3v) is 2.67. The van der Waals surface area contributed by atoms with Crippen molar-refractivity contribution < 1.29 is 0 Å². The Labute approximate surface area is 50.3 Å². The van der Waals surface area contributed by atoms with E-state index in [2.05, 4.69) is 0 Å². The predicted molar refractivity (Wildman–Crippen MR) is 33.4 cm³/mol. The zero-order chi connectivity index (χ0) is 5.56. The van der Waals surface area contributed by atoms with Crippen LogP contribution in [0.15, 0.2) is 0 Å². The predicted octanol–water partition coefficient (Wildman–Crippen LogP) is 0.991. The van der Waals surface area contributed by atoms with Gasteiger partial charge < -0.3 is 5.73 Å². The molecule has 2 aliphatic rings. The fraction of sp³-hybridized carbons (Fsp3) is 1.00. The van der Waals surface area contributed by atoms with Crippen LogP contribution in [0, 0.1) is 17.8 Å². The monoisotopic (exact) mass is 111 g/mol. The lowest BCUT2D eigenvalue weighted by molar-refractivity contribution is 0.499. The van der Waals surface area contributed by atoms with Crippen LogP contribution in [0.3, 0.4) is 0 Å². The highest BCUT2D eigenvalue weighted by Crippen LogP contribution is 2.53. The SMILES string of the molecule is NCC1CC2CC2C1. The van der Waals surface area contributed by atoms with Crippen LogP contribution in [-0.4, -0.2) is 6.54 Å². The quantitative estimate of drug-likeness (QED) is 0.536. The van der Waals surface area contributed by atoms with Gasteiger partial charge in [0.2, 0.25) is 0 Å². The van der Waals surface area contributed by atoms with Gasteiger partial charge in [0.25, 0.3) is 0 Å². The van der Waals surface area contributed by atoms with E-state index in [0.717, 1.165) is 24.3 Å². The maximum absolute atomic E-state index is 5.52. The van der Waals surface area contributed by atoms with Crippen LogP contribution in [0.2, 0.25) is 0 Å². The van der Waals surface area contributed by atoms with Gasteiger partial charge in [0, 0.05) is 0 Å². The molecule has 0 aromatic heterocycles. The van der Waals surface area contributed by atoms with Gasteiger partial charge in [-0.2, -0.15) is 0 Å². The van der Waals surface area contributed by atoms with Gasteiger partial charge in [0.05, 0.1) is 0 Å². The van der Waals surface area contributed by atoms with E-state index >= 15 is 0 Å². The van der Waals surface area contributed by atoms with E-state index in [-0.39, 0.29) is 0 Å². The van der Waals surface area contributed by atoms with E-state index in [1.54, 1.807) is 0 Å². The number of hydrogen-bond acceptors (Lipinski definition) is 1. The van der Waals surface area contributed by atoms with E-state index < -0.39 is 0 Å². The molecule has 1 heteroatoms. The van der Waals surface area contributed by atoms with Crippen molar-refractivity contribution >= 4 is 0 Å². The molecule has 0 radical (unpaired) electrons. The van der Waals surface area contributed by atoms with Crippen molar-refractivity contribution in [3.05, 3.63) is 0 Å². The molecule has 0 amide bonds. The Kier molecular flexibility index (Phi) is 0.884. The standard InChI is InChI=1S/C7H13N/c8-4-5-1-6-3-7(6)2-5/h5-7H,1-4,8H2. The smallest absolute Gasteiger partial charge is 0.00487 e.